The van der Waals surface area contributed by atoms with Gasteiger partial charge in [0.2, 0.25) is 0 Å². The molecule has 3 aromatic heterocycles. The third-order valence-electron chi connectivity index (χ3n) is 5.32. The van der Waals surface area contributed by atoms with Crippen molar-refractivity contribution in [3.63, 3.8) is 0 Å². The summed E-state index contributed by atoms with van der Waals surface area (Å²) in [6.07, 6.45) is 6.63. The average molecular weight is 393 g/mol. The third kappa shape index (κ3) is 3.37. The fourth-order valence-corrected chi connectivity index (χ4v) is 4.13. The molecule has 3 nitrogen and oxygen atoms in total. The van der Waals surface area contributed by atoms with Crippen molar-refractivity contribution in [2.24, 2.45) is 5.41 Å². The van der Waals surface area contributed by atoms with Crippen molar-refractivity contribution in [3.05, 3.63) is 84.8 Å². The van der Waals surface area contributed by atoms with Gasteiger partial charge < -0.3 is 4.42 Å². The van der Waals surface area contributed by atoms with Gasteiger partial charge in [0.15, 0.2) is 0 Å². The number of hydrogen-bond donors (Lipinski definition) is 0. The Kier molecular flexibility index (Phi) is 4.39. The van der Waals surface area contributed by atoms with Crippen LogP contribution in [0, 0.1) is 5.41 Å². The number of rotatable bonds is 3. The Morgan fingerprint density at radius 3 is 2.50 bits per heavy atom. The molecule has 0 aliphatic heterocycles. The number of aromatic nitrogens is 2. The maximum absolute atomic E-state index is 6.36. The van der Waals surface area contributed by atoms with Crippen molar-refractivity contribution < 1.29 is 4.42 Å². The molecule has 0 amide bonds. The van der Waals surface area contributed by atoms with E-state index < -0.39 is 0 Å². The first-order valence-corrected chi connectivity index (χ1v) is 10.3. The molecule has 30 heavy (non-hydrogen) atoms. The lowest BCUT2D eigenvalue weighted by Crippen LogP contribution is -2.09. The molecule has 0 unspecified atom stereocenters. The number of benzene rings is 2. The topological polar surface area (TPSA) is 38.9 Å². The molecule has 0 saturated carbocycles. The predicted octanol–water partition coefficient (Wildman–Crippen LogP) is 7.30. The molecule has 0 fully saturated rings. The molecule has 5 aromatic rings. The van der Waals surface area contributed by atoms with Gasteiger partial charge in [-0.1, -0.05) is 63.2 Å². The summed E-state index contributed by atoms with van der Waals surface area (Å²) in [5.41, 5.74) is 7.34. The normalized spacial score (nSPS) is 12.0. The van der Waals surface area contributed by atoms with Crippen molar-refractivity contribution in [2.75, 3.05) is 0 Å². The molecular formula is C27H24N2O. The first-order chi connectivity index (χ1) is 14.5. The molecule has 0 radical (unpaired) electrons. The molecule has 0 aliphatic carbocycles. The van der Waals surface area contributed by atoms with Gasteiger partial charge >= 0.3 is 0 Å². The number of nitrogens with zero attached hydrogens (tertiary/aromatic N) is 2. The highest BCUT2D eigenvalue weighted by Gasteiger charge is 2.18. The Labute approximate surface area is 176 Å². The second-order valence-electron chi connectivity index (χ2n) is 9.00. The molecule has 148 valence electrons. The molecule has 0 aliphatic rings. The van der Waals surface area contributed by atoms with Gasteiger partial charge in [0.25, 0.3) is 0 Å². The minimum atomic E-state index is 0.215. The molecule has 0 bridgehead atoms. The Balaban J connectivity index is 1.72. The monoisotopic (exact) mass is 392 g/mol. The van der Waals surface area contributed by atoms with Crippen molar-refractivity contribution in [1.29, 1.82) is 0 Å². The summed E-state index contributed by atoms with van der Waals surface area (Å²) >= 11 is 0. The zero-order chi connectivity index (χ0) is 20.7. The van der Waals surface area contributed by atoms with E-state index in [-0.39, 0.29) is 5.41 Å². The van der Waals surface area contributed by atoms with E-state index in [1.54, 1.807) is 0 Å². The van der Waals surface area contributed by atoms with Gasteiger partial charge in [-0.05, 0) is 46.7 Å². The molecular weight excluding hydrogens is 368 g/mol. The highest BCUT2D eigenvalue weighted by atomic mass is 16.3. The van der Waals surface area contributed by atoms with Crippen LogP contribution in [0.25, 0.3) is 44.3 Å². The van der Waals surface area contributed by atoms with Crippen LogP contribution in [0.15, 0.2) is 83.7 Å². The van der Waals surface area contributed by atoms with E-state index in [4.69, 9.17) is 4.42 Å². The van der Waals surface area contributed by atoms with Gasteiger partial charge in [0.1, 0.15) is 11.2 Å². The smallest absolute Gasteiger partial charge is 0.147 e. The number of furan rings is 1. The Morgan fingerprint density at radius 2 is 1.70 bits per heavy atom. The van der Waals surface area contributed by atoms with E-state index in [1.807, 2.05) is 36.8 Å². The van der Waals surface area contributed by atoms with Crippen molar-refractivity contribution in [1.82, 2.24) is 9.97 Å². The second kappa shape index (κ2) is 7.10. The van der Waals surface area contributed by atoms with E-state index in [0.717, 1.165) is 45.2 Å². The average Bonchev–Trinajstić information content (AvgIpc) is 3.12. The molecule has 3 heteroatoms. The van der Waals surface area contributed by atoms with E-state index in [9.17, 15) is 0 Å². The predicted molar refractivity (Wildman–Crippen MR) is 123 cm³/mol. The Morgan fingerprint density at radius 1 is 0.867 bits per heavy atom. The van der Waals surface area contributed by atoms with Gasteiger partial charge in [-0.2, -0.15) is 0 Å². The van der Waals surface area contributed by atoms with Crippen LogP contribution in [0.1, 0.15) is 26.3 Å². The van der Waals surface area contributed by atoms with Gasteiger partial charge in [0, 0.05) is 29.4 Å². The highest BCUT2D eigenvalue weighted by molar-refractivity contribution is 6.14. The summed E-state index contributed by atoms with van der Waals surface area (Å²) in [7, 11) is 0. The Bertz CT molecular complexity index is 1340. The van der Waals surface area contributed by atoms with Gasteiger partial charge in [-0.15, -0.1) is 0 Å². The van der Waals surface area contributed by atoms with Crippen LogP contribution in [-0.4, -0.2) is 9.97 Å². The summed E-state index contributed by atoms with van der Waals surface area (Å²) in [5.74, 6) is 0. The zero-order valence-electron chi connectivity index (χ0n) is 17.5. The summed E-state index contributed by atoms with van der Waals surface area (Å²) in [6.45, 7) is 6.75. The van der Waals surface area contributed by atoms with E-state index in [1.165, 1.54) is 11.1 Å². The summed E-state index contributed by atoms with van der Waals surface area (Å²) < 4.78 is 6.36. The largest absolute Gasteiger partial charge is 0.455 e. The molecule has 0 spiro atoms. The standard InChI is InChI=1S/C27H24N2O/c1-27(2,3)15-18-12-13-29-23(14-18)21-16-28-17-22-25-20(19-8-5-4-6-9-19)10-7-11-24(25)30-26(21)22/h4-14,16-17H,15H2,1-3H3. The van der Waals surface area contributed by atoms with E-state index >= 15 is 0 Å². The quantitative estimate of drug-likeness (QED) is 0.323. The lowest BCUT2D eigenvalue weighted by atomic mass is 9.88. The van der Waals surface area contributed by atoms with Crippen LogP contribution >= 0.6 is 0 Å². The summed E-state index contributed by atoms with van der Waals surface area (Å²) in [5, 5.41) is 2.11. The first-order valence-electron chi connectivity index (χ1n) is 10.3. The third-order valence-corrected chi connectivity index (χ3v) is 5.32. The maximum Gasteiger partial charge on any atom is 0.147 e. The maximum atomic E-state index is 6.36. The van der Waals surface area contributed by atoms with Crippen LogP contribution < -0.4 is 0 Å². The van der Waals surface area contributed by atoms with Crippen LogP contribution in [0.2, 0.25) is 0 Å². The first kappa shape index (κ1) is 18.6. The molecule has 0 N–H and O–H groups in total. The molecule has 0 saturated heterocycles. The van der Waals surface area contributed by atoms with Crippen LogP contribution in [-0.2, 0) is 6.42 Å². The highest BCUT2D eigenvalue weighted by Crippen LogP contribution is 2.39. The van der Waals surface area contributed by atoms with Crippen molar-refractivity contribution in [2.45, 2.75) is 27.2 Å². The van der Waals surface area contributed by atoms with Crippen molar-refractivity contribution in [3.8, 4) is 22.4 Å². The van der Waals surface area contributed by atoms with Crippen LogP contribution in [0.4, 0.5) is 0 Å². The van der Waals surface area contributed by atoms with Gasteiger partial charge in [-0.25, -0.2) is 0 Å². The number of pyridine rings is 2. The number of hydrogen-bond acceptors (Lipinski definition) is 3. The van der Waals surface area contributed by atoms with E-state index in [2.05, 4.69) is 73.2 Å². The van der Waals surface area contributed by atoms with Crippen LogP contribution in [0.3, 0.4) is 0 Å². The lowest BCUT2D eigenvalue weighted by molar-refractivity contribution is 0.411. The summed E-state index contributed by atoms with van der Waals surface area (Å²) in [6, 6.07) is 20.9. The fourth-order valence-electron chi connectivity index (χ4n) is 4.13. The zero-order valence-corrected chi connectivity index (χ0v) is 17.5. The summed E-state index contributed by atoms with van der Waals surface area (Å²) in [4.78, 5) is 9.19. The molecule has 2 aromatic carbocycles. The fraction of sp³-hybridized carbons (Fsp3) is 0.185. The molecule has 5 rings (SSSR count). The van der Waals surface area contributed by atoms with Crippen LogP contribution in [0.5, 0.6) is 0 Å². The Hall–Kier alpha value is -3.46. The van der Waals surface area contributed by atoms with Crippen molar-refractivity contribution >= 4 is 21.9 Å². The lowest BCUT2D eigenvalue weighted by Gasteiger charge is -2.18. The number of fused-ring (bicyclic) bond motifs is 3. The SMILES string of the molecule is CC(C)(C)Cc1ccnc(-c2cncc3c2oc2cccc(-c4ccccc4)c23)c1. The minimum Gasteiger partial charge on any atom is -0.455 e. The second-order valence-corrected chi connectivity index (χ2v) is 9.00. The molecule has 0 atom stereocenters. The minimum absolute atomic E-state index is 0.215. The molecule has 3 heterocycles. The van der Waals surface area contributed by atoms with Gasteiger partial charge in [0.05, 0.1) is 11.3 Å². The van der Waals surface area contributed by atoms with E-state index in [0.29, 0.717) is 0 Å². The van der Waals surface area contributed by atoms with Gasteiger partial charge in [-0.3, -0.25) is 9.97 Å².